The van der Waals surface area contributed by atoms with Crippen LogP contribution in [0.2, 0.25) is 5.02 Å². The van der Waals surface area contributed by atoms with Crippen molar-refractivity contribution in [2.75, 3.05) is 5.33 Å². The molecular formula is C15H16BrClS. The van der Waals surface area contributed by atoms with Gasteiger partial charge in [0.1, 0.15) is 0 Å². The monoisotopic (exact) mass is 342 g/mol. The van der Waals surface area contributed by atoms with Crippen LogP contribution in [0.1, 0.15) is 16.9 Å². The van der Waals surface area contributed by atoms with Crippen molar-refractivity contribution < 1.29 is 0 Å². The predicted octanol–water partition coefficient (Wildman–Crippen LogP) is 5.59. The Hall–Kier alpha value is -0.310. The van der Waals surface area contributed by atoms with Gasteiger partial charge in [0.15, 0.2) is 0 Å². The number of benzene rings is 1. The first-order chi connectivity index (χ1) is 8.78. The Bertz CT molecular complexity index is 467. The summed E-state index contributed by atoms with van der Waals surface area (Å²) in [6.45, 7) is 0. The number of thiophene rings is 1. The normalized spacial score (nSPS) is 12.6. The molecule has 3 heteroatoms. The second-order valence-corrected chi connectivity index (χ2v) is 6.59. The van der Waals surface area contributed by atoms with Gasteiger partial charge in [-0.1, -0.05) is 45.7 Å². The minimum atomic E-state index is 0.672. The molecule has 0 bridgehead atoms. The van der Waals surface area contributed by atoms with E-state index in [4.69, 9.17) is 11.6 Å². The van der Waals surface area contributed by atoms with Crippen LogP contribution in [-0.4, -0.2) is 5.33 Å². The van der Waals surface area contributed by atoms with E-state index >= 15 is 0 Å². The van der Waals surface area contributed by atoms with Crippen molar-refractivity contribution in [1.82, 2.24) is 0 Å². The van der Waals surface area contributed by atoms with Gasteiger partial charge in [0.2, 0.25) is 0 Å². The molecule has 2 rings (SSSR count). The molecule has 1 aromatic carbocycles. The standard InChI is InChI=1S/C15H16BrClS/c16-11-13(6-7-15-5-2-8-18-15)9-12-3-1-4-14(17)10-12/h1-5,8,10,13H,6-7,9,11H2. The number of hydrogen-bond donors (Lipinski definition) is 0. The molecule has 0 fully saturated rings. The van der Waals surface area contributed by atoms with E-state index in [0.717, 1.165) is 16.8 Å². The molecule has 0 aliphatic rings. The molecule has 1 heterocycles. The molecule has 0 saturated heterocycles. The number of rotatable bonds is 6. The maximum absolute atomic E-state index is 6.02. The lowest BCUT2D eigenvalue weighted by Gasteiger charge is -2.13. The Kier molecular flexibility index (Phi) is 5.74. The number of aryl methyl sites for hydroxylation is 1. The van der Waals surface area contributed by atoms with Gasteiger partial charge in [-0.25, -0.2) is 0 Å². The summed E-state index contributed by atoms with van der Waals surface area (Å²) in [5.74, 6) is 0.672. The van der Waals surface area contributed by atoms with Gasteiger partial charge in [-0.05, 0) is 54.3 Å². The molecule has 0 saturated carbocycles. The van der Waals surface area contributed by atoms with E-state index in [-0.39, 0.29) is 0 Å². The summed E-state index contributed by atoms with van der Waals surface area (Å²) < 4.78 is 0. The van der Waals surface area contributed by atoms with Gasteiger partial charge in [0.25, 0.3) is 0 Å². The summed E-state index contributed by atoms with van der Waals surface area (Å²) in [4.78, 5) is 1.48. The van der Waals surface area contributed by atoms with Gasteiger partial charge in [0.05, 0.1) is 0 Å². The smallest absolute Gasteiger partial charge is 0.0408 e. The zero-order valence-electron chi connectivity index (χ0n) is 10.1. The average molecular weight is 344 g/mol. The second kappa shape index (κ2) is 7.32. The molecule has 0 aliphatic heterocycles. The van der Waals surface area contributed by atoms with Gasteiger partial charge >= 0.3 is 0 Å². The molecule has 0 amide bonds. The molecule has 1 unspecified atom stereocenters. The minimum absolute atomic E-state index is 0.672. The maximum Gasteiger partial charge on any atom is 0.0408 e. The van der Waals surface area contributed by atoms with Crippen molar-refractivity contribution >= 4 is 38.9 Å². The third-order valence-electron chi connectivity index (χ3n) is 3.01. The highest BCUT2D eigenvalue weighted by Gasteiger charge is 2.09. The van der Waals surface area contributed by atoms with Crippen molar-refractivity contribution in [2.24, 2.45) is 5.92 Å². The zero-order valence-corrected chi connectivity index (χ0v) is 13.3. The van der Waals surface area contributed by atoms with Crippen LogP contribution in [0.5, 0.6) is 0 Å². The summed E-state index contributed by atoms with van der Waals surface area (Å²) in [7, 11) is 0. The summed E-state index contributed by atoms with van der Waals surface area (Å²) in [6.07, 6.45) is 3.49. The minimum Gasteiger partial charge on any atom is -0.149 e. The molecular weight excluding hydrogens is 328 g/mol. The molecule has 0 N–H and O–H groups in total. The molecule has 1 aromatic heterocycles. The fraction of sp³-hybridized carbons (Fsp3) is 0.333. The first kappa shape index (κ1) is 14.1. The Morgan fingerprint density at radius 1 is 1.22 bits per heavy atom. The van der Waals surface area contributed by atoms with Crippen molar-refractivity contribution in [3.63, 3.8) is 0 Å². The lowest BCUT2D eigenvalue weighted by Crippen LogP contribution is -2.07. The highest BCUT2D eigenvalue weighted by Crippen LogP contribution is 2.21. The quantitative estimate of drug-likeness (QED) is 0.600. The Morgan fingerprint density at radius 2 is 2.11 bits per heavy atom. The molecule has 2 aromatic rings. The molecule has 18 heavy (non-hydrogen) atoms. The third kappa shape index (κ3) is 4.42. The van der Waals surface area contributed by atoms with E-state index in [9.17, 15) is 0 Å². The lowest BCUT2D eigenvalue weighted by atomic mass is 9.96. The third-order valence-corrected chi connectivity index (χ3v) is 5.10. The largest absolute Gasteiger partial charge is 0.149 e. The van der Waals surface area contributed by atoms with Gasteiger partial charge < -0.3 is 0 Å². The van der Waals surface area contributed by atoms with Gasteiger partial charge in [-0.2, -0.15) is 0 Å². The van der Waals surface area contributed by atoms with E-state index in [2.05, 4.69) is 45.6 Å². The van der Waals surface area contributed by atoms with E-state index < -0.39 is 0 Å². The van der Waals surface area contributed by atoms with E-state index in [1.165, 1.54) is 23.3 Å². The fourth-order valence-corrected chi connectivity index (χ4v) is 3.52. The van der Waals surface area contributed by atoms with Crippen molar-refractivity contribution in [1.29, 1.82) is 0 Å². The van der Waals surface area contributed by atoms with E-state index in [1.807, 2.05) is 23.5 Å². The summed E-state index contributed by atoms with van der Waals surface area (Å²) in [6, 6.07) is 12.5. The highest BCUT2D eigenvalue weighted by molar-refractivity contribution is 9.09. The number of halogens is 2. The average Bonchev–Trinajstić information content (AvgIpc) is 2.87. The van der Waals surface area contributed by atoms with Crippen LogP contribution >= 0.6 is 38.9 Å². The van der Waals surface area contributed by atoms with Crippen LogP contribution in [0.15, 0.2) is 41.8 Å². The second-order valence-electron chi connectivity index (χ2n) is 4.47. The zero-order chi connectivity index (χ0) is 12.8. The number of alkyl halides is 1. The van der Waals surface area contributed by atoms with Crippen molar-refractivity contribution in [3.8, 4) is 0 Å². The van der Waals surface area contributed by atoms with Gasteiger partial charge in [0, 0.05) is 15.2 Å². The Labute approximate surface area is 126 Å². The molecule has 0 spiro atoms. The topological polar surface area (TPSA) is 0 Å². The highest BCUT2D eigenvalue weighted by atomic mass is 79.9. The van der Waals surface area contributed by atoms with E-state index in [0.29, 0.717) is 5.92 Å². The fourth-order valence-electron chi connectivity index (χ4n) is 2.03. The van der Waals surface area contributed by atoms with Crippen LogP contribution < -0.4 is 0 Å². The molecule has 0 nitrogen and oxygen atoms in total. The van der Waals surface area contributed by atoms with Crippen LogP contribution in [0.25, 0.3) is 0 Å². The van der Waals surface area contributed by atoms with Crippen molar-refractivity contribution in [2.45, 2.75) is 19.3 Å². The molecule has 0 aliphatic carbocycles. The summed E-state index contributed by atoms with van der Waals surface area (Å²) in [5.41, 5.74) is 1.33. The SMILES string of the molecule is Clc1cccc(CC(CBr)CCc2cccs2)c1. The van der Waals surface area contributed by atoms with Crippen molar-refractivity contribution in [3.05, 3.63) is 57.2 Å². The first-order valence-corrected chi connectivity index (χ1v) is 8.48. The molecule has 0 radical (unpaired) electrons. The van der Waals surface area contributed by atoms with Crippen LogP contribution in [-0.2, 0) is 12.8 Å². The Balaban J connectivity index is 1.89. The summed E-state index contributed by atoms with van der Waals surface area (Å²) in [5, 5.41) is 4.03. The van der Waals surface area contributed by atoms with Gasteiger partial charge in [-0.3, -0.25) is 0 Å². The first-order valence-electron chi connectivity index (χ1n) is 6.10. The van der Waals surface area contributed by atoms with Gasteiger partial charge in [-0.15, -0.1) is 11.3 Å². The Morgan fingerprint density at radius 3 is 2.78 bits per heavy atom. The maximum atomic E-state index is 6.02. The van der Waals surface area contributed by atoms with Crippen LogP contribution in [0.3, 0.4) is 0 Å². The molecule has 1 atom stereocenters. The number of hydrogen-bond acceptors (Lipinski definition) is 1. The lowest BCUT2D eigenvalue weighted by molar-refractivity contribution is 0.545. The van der Waals surface area contributed by atoms with E-state index in [1.54, 1.807) is 0 Å². The molecule has 96 valence electrons. The summed E-state index contributed by atoms with van der Waals surface area (Å²) >= 11 is 11.5. The van der Waals surface area contributed by atoms with Crippen LogP contribution in [0, 0.1) is 5.92 Å². The predicted molar refractivity (Wildman–Crippen MR) is 85.1 cm³/mol. The van der Waals surface area contributed by atoms with Crippen LogP contribution in [0.4, 0.5) is 0 Å².